The van der Waals surface area contributed by atoms with Crippen LogP contribution in [0.3, 0.4) is 0 Å². The van der Waals surface area contributed by atoms with Crippen LogP contribution in [-0.2, 0) is 6.42 Å². The van der Waals surface area contributed by atoms with Gasteiger partial charge in [0.25, 0.3) is 0 Å². The van der Waals surface area contributed by atoms with Gasteiger partial charge < -0.3 is 10.1 Å². The third-order valence-corrected chi connectivity index (χ3v) is 3.38. The summed E-state index contributed by atoms with van der Waals surface area (Å²) in [6, 6.07) is 16.8. The van der Waals surface area contributed by atoms with Crippen LogP contribution in [0.4, 0.5) is 5.69 Å². The molecule has 0 aliphatic heterocycles. The van der Waals surface area contributed by atoms with Crippen LogP contribution in [0.5, 0.6) is 5.75 Å². The first-order valence-electron chi connectivity index (χ1n) is 6.73. The first-order valence-corrected chi connectivity index (χ1v) is 6.73. The maximum absolute atomic E-state index is 5.42. The summed E-state index contributed by atoms with van der Waals surface area (Å²) in [5.41, 5.74) is 3.71. The van der Waals surface area contributed by atoms with E-state index in [1.165, 1.54) is 16.8 Å². The average molecular weight is 255 g/mol. The van der Waals surface area contributed by atoms with Gasteiger partial charge in [-0.15, -0.1) is 0 Å². The molecule has 1 atom stereocenters. The van der Waals surface area contributed by atoms with Crippen LogP contribution < -0.4 is 10.1 Å². The topological polar surface area (TPSA) is 21.3 Å². The van der Waals surface area contributed by atoms with Gasteiger partial charge in [0.05, 0.1) is 13.2 Å². The van der Waals surface area contributed by atoms with Crippen molar-refractivity contribution in [3.8, 4) is 5.75 Å². The average Bonchev–Trinajstić information content (AvgIpc) is 2.47. The monoisotopic (exact) mass is 255 g/mol. The Morgan fingerprint density at radius 2 is 1.74 bits per heavy atom. The number of methoxy groups -OCH3 is 1. The fraction of sp³-hybridized carbons (Fsp3) is 0.294. The van der Waals surface area contributed by atoms with Crippen LogP contribution >= 0.6 is 0 Å². The second-order valence-corrected chi connectivity index (χ2v) is 4.62. The van der Waals surface area contributed by atoms with Crippen molar-refractivity contribution < 1.29 is 4.74 Å². The molecule has 0 fully saturated rings. The Kier molecular flexibility index (Phi) is 4.45. The Morgan fingerprint density at radius 1 is 1.05 bits per heavy atom. The molecule has 2 rings (SSSR count). The fourth-order valence-electron chi connectivity index (χ4n) is 2.30. The summed E-state index contributed by atoms with van der Waals surface area (Å²) < 4.78 is 5.42. The van der Waals surface area contributed by atoms with Crippen molar-refractivity contribution in [2.45, 2.75) is 26.3 Å². The zero-order valence-corrected chi connectivity index (χ0v) is 11.8. The highest BCUT2D eigenvalue weighted by atomic mass is 16.5. The number of aryl methyl sites for hydroxylation is 1. The van der Waals surface area contributed by atoms with Crippen molar-refractivity contribution in [2.75, 3.05) is 12.4 Å². The zero-order valence-electron chi connectivity index (χ0n) is 11.8. The van der Waals surface area contributed by atoms with Crippen LogP contribution in [-0.4, -0.2) is 7.11 Å². The summed E-state index contributed by atoms with van der Waals surface area (Å²) in [6.07, 6.45) is 1.03. The van der Waals surface area contributed by atoms with Crippen LogP contribution in [0.2, 0.25) is 0 Å². The van der Waals surface area contributed by atoms with Gasteiger partial charge in [0.2, 0.25) is 0 Å². The molecule has 0 aromatic heterocycles. The minimum absolute atomic E-state index is 0.212. The van der Waals surface area contributed by atoms with E-state index in [4.69, 9.17) is 4.74 Å². The van der Waals surface area contributed by atoms with Gasteiger partial charge in [-0.2, -0.15) is 0 Å². The zero-order chi connectivity index (χ0) is 13.7. The SMILES string of the molecule is CCc1ccccc1NC(C)c1ccccc1OC. The first-order chi connectivity index (χ1) is 9.26. The summed E-state index contributed by atoms with van der Waals surface area (Å²) in [5.74, 6) is 0.927. The lowest BCUT2D eigenvalue weighted by Crippen LogP contribution is -2.09. The van der Waals surface area contributed by atoms with E-state index in [9.17, 15) is 0 Å². The Morgan fingerprint density at radius 3 is 2.47 bits per heavy atom. The number of para-hydroxylation sites is 2. The highest BCUT2D eigenvalue weighted by Crippen LogP contribution is 2.28. The number of hydrogen-bond donors (Lipinski definition) is 1. The van der Waals surface area contributed by atoms with Crippen LogP contribution in [0.15, 0.2) is 48.5 Å². The lowest BCUT2D eigenvalue weighted by Gasteiger charge is -2.20. The van der Waals surface area contributed by atoms with E-state index in [1.807, 2.05) is 18.2 Å². The van der Waals surface area contributed by atoms with Crippen LogP contribution in [0, 0.1) is 0 Å². The predicted octanol–water partition coefficient (Wildman–Crippen LogP) is 4.43. The highest BCUT2D eigenvalue weighted by molar-refractivity contribution is 5.53. The molecular formula is C17H21NO. The van der Waals surface area contributed by atoms with Crippen molar-refractivity contribution in [3.63, 3.8) is 0 Å². The lowest BCUT2D eigenvalue weighted by molar-refractivity contribution is 0.408. The third kappa shape index (κ3) is 3.08. The lowest BCUT2D eigenvalue weighted by atomic mass is 10.1. The number of nitrogens with one attached hydrogen (secondary N) is 1. The maximum Gasteiger partial charge on any atom is 0.124 e. The summed E-state index contributed by atoms with van der Waals surface area (Å²) in [5, 5.41) is 3.57. The smallest absolute Gasteiger partial charge is 0.124 e. The Hall–Kier alpha value is -1.96. The number of benzene rings is 2. The Labute approximate surface area is 115 Å². The second kappa shape index (κ2) is 6.28. The summed E-state index contributed by atoms with van der Waals surface area (Å²) in [4.78, 5) is 0. The van der Waals surface area contributed by atoms with E-state index in [0.29, 0.717) is 0 Å². The predicted molar refractivity (Wildman–Crippen MR) is 80.9 cm³/mol. The fourth-order valence-corrected chi connectivity index (χ4v) is 2.30. The largest absolute Gasteiger partial charge is 0.496 e. The van der Waals surface area contributed by atoms with Crippen molar-refractivity contribution in [3.05, 3.63) is 59.7 Å². The van der Waals surface area contributed by atoms with E-state index in [-0.39, 0.29) is 6.04 Å². The van der Waals surface area contributed by atoms with Gasteiger partial charge >= 0.3 is 0 Å². The summed E-state index contributed by atoms with van der Waals surface area (Å²) in [7, 11) is 1.71. The molecule has 0 heterocycles. The molecule has 2 heteroatoms. The molecule has 0 bridgehead atoms. The molecule has 0 saturated carbocycles. The molecule has 1 N–H and O–H groups in total. The maximum atomic E-state index is 5.42. The molecule has 0 saturated heterocycles. The van der Waals surface area contributed by atoms with Crippen molar-refractivity contribution in [1.29, 1.82) is 0 Å². The molecule has 0 spiro atoms. The number of anilines is 1. The second-order valence-electron chi connectivity index (χ2n) is 4.62. The highest BCUT2D eigenvalue weighted by Gasteiger charge is 2.11. The van der Waals surface area contributed by atoms with Crippen molar-refractivity contribution in [1.82, 2.24) is 0 Å². The van der Waals surface area contributed by atoms with E-state index in [2.05, 4.69) is 49.5 Å². The minimum Gasteiger partial charge on any atom is -0.496 e. The Bertz CT molecular complexity index is 536. The van der Waals surface area contributed by atoms with Crippen LogP contribution in [0.1, 0.15) is 31.0 Å². The van der Waals surface area contributed by atoms with Gasteiger partial charge in [-0.25, -0.2) is 0 Å². The molecule has 2 nitrogen and oxygen atoms in total. The summed E-state index contributed by atoms with van der Waals surface area (Å²) in [6.45, 7) is 4.33. The normalized spacial score (nSPS) is 11.9. The van der Waals surface area contributed by atoms with Gasteiger partial charge in [0, 0.05) is 11.3 Å². The molecule has 100 valence electrons. The molecule has 0 radical (unpaired) electrons. The number of hydrogen-bond acceptors (Lipinski definition) is 2. The minimum atomic E-state index is 0.212. The molecule has 2 aromatic carbocycles. The van der Waals surface area contributed by atoms with Crippen LogP contribution in [0.25, 0.3) is 0 Å². The molecule has 0 aliphatic carbocycles. The molecule has 1 unspecified atom stereocenters. The quantitative estimate of drug-likeness (QED) is 0.853. The molecule has 2 aromatic rings. The van der Waals surface area contributed by atoms with E-state index in [0.717, 1.165) is 12.2 Å². The first kappa shape index (κ1) is 13.5. The van der Waals surface area contributed by atoms with Gasteiger partial charge in [-0.3, -0.25) is 0 Å². The number of ether oxygens (including phenoxy) is 1. The van der Waals surface area contributed by atoms with E-state index >= 15 is 0 Å². The molecule has 0 amide bonds. The Balaban J connectivity index is 2.23. The van der Waals surface area contributed by atoms with E-state index in [1.54, 1.807) is 7.11 Å². The summed E-state index contributed by atoms with van der Waals surface area (Å²) >= 11 is 0. The third-order valence-electron chi connectivity index (χ3n) is 3.38. The molecule has 0 aliphatic rings. The van der Waals surface area contributed by atoms with Crippen molar-refractivity contribution >= 4 is 5.69 Å². The van der Waals surface area contributed by atoms with Gasteiger partial charge in [-0.1, -0.05) is 43.3 Å². The van der Waals surface area contributed by atoms with Gasteiger partial charge in [0.1, 0.15) is 5.75 Å². The standard InChI is InChI=1S/C17H21NO/c1-4-14-9-5-7-11-16(14)18-13(2)15-10-6-8-12-17(15)19-3/h5-13,18H,4H2,1-3H3. The van der Waals surface area contributed by atoms with E-state index < -0.39 is 0 Å². The number of rotatable bonds is 5. The van der Waals surface area contributed by atoms with Gasteiger partial charge in [-0.05, 0) is 31.0 Å². The molecule has 19 heavy (non-hydrogen) atoms. The van der Waals surface area contributed by atoms with Gasteiger partial charge in [0.15, 0.2) is 0 Å². The van der Waals surface area contributed by atoms with Crippen molar-refractivity contribution in [2.24, 2.45) is 0 Å². The molecular weight excluding hydrogens is 234 g/mol.